The Hall–Kier alpha value is -2.58. The number of nitrogens with two attached hydrogens (primary N) is 1. The number of amides is 1. The maximum absolute atomic E-state index is 12.5. The molecule has 0 saturated carbocycles. The predicted octanol–water partition coefficient (Wildman–Crippen LogP) is 5.94. The van der Waals surface area contributed by atoms with E-state index in [1.54, 1.807) is 11.0 Å². The number of benzene rings is 1. The first-order chi connectivity index (χ1) is 16.4. The van der Waals surface area contributed by atoms with Gasteiger partial charge in [0.15, 0.2) is 0 Å². The summed E-state index contributed by atoms with van der Waals surface area (Å²) in [6.45, 7) is 17.7. The Morgan fingerprint density at radius 1 is 1.20 bits per heavy atom. The van der Waals surface area contributed by atoms with E-state index in [4.69, 9.17) is 10.5 Å². The van der Waals surface area contributed by atoms with Crippen LogP contribution in [0.25, 0.3) is 5.57 Å². The van der Waals surface area contributed by atoms with Crippen LogP contribution in [0.15, 0.2) is 53.2 Å². The summed E-state index contributed by atoms with van der Waals surface area (Å²) < 4.78 is 6.29. The van der Waals surface area contributed by atoms with Crippen LogP contribution in [0.5, 0.6) is 0 Å². The molecule has 0 spiro atoms. The first kappa shape index (κ1) is 30.5. The molecule has 8 heteroatoms. The van der Waals surface area contributed by atoms with Crippen molar-refractivity contribution < 1.29 is 19.4 Å². The van der Waals surface area contributed by atoms with Gasteiger partial charge in [0.2, 0.25) is 0 Å². The van der Waals surface area contributed by atoms with Crippen LogP contribution in [0.2, 0.25) is 0 Å². The molecule has 1 aliphatic rings. The van der Waals surface area contributed by atoms with E-state index < -0.39 is 11.6 Å². The highest BCUT2D eigenvalue weighted by Gasteiger charge is 2.31. The fraction of sp³-hybridized carbons (Fsp3) is 0.481. The van der Waals surface area contributed by atoms with E-state index in [0.717, 1.165) is 15.6 Å². The number of ether oxygens (including phenoxy) is 1. The van der Waals surface area contributed by atoms with E-state index in [2.05, 4.69) is 27.4 Å². The number of halogens is 1. The molecule has 3 N–H and O–H groups in total. The summed E-state index contributed by atoms with van der Waals surface area (Å²) in [5.41, 5.74) is 7.72. The number of rotatable bonds is 7. The average molecular weight is 551 g/mol. The molecule has 1 amide bonds. The molecule has 35 heavy (non-hydrogen) atoms. The highest BCUT2D eigenvalue weighted by Crippen LogP contribution is 2.34. The number of hydrogen-bond acceptors (Lipinski definition) is 5. The second-order valence-electron chi connectivity index (χ2n) is 9.14. The fourth-order valence-corrected chi connectivity index (χ4v) is 4.19. The Morgan fingerprint density at radius 2 is 1.77 bits per heavy atom. The zero-order valence-corrected chi connectivity index (χ0v) is 23.4. The van der Waals surface area contributed by atoms with Crippen LogP contribution in [0.3, 0.4) is 0 Å². The zero-order valence-electron chi connectivity index (χ0n) is 21.8. The van der Waals surface area contributed by atoms with Gasteiger partial charge in [-0.25, -0.2) is 9.59 Å². The number of allylic oxidation sites excluding steroid dienone is 2. The molecule has 0 bridgehead atoms. The first-order valence-electron chi connectivity index (χ1n) is 11.9. The van der Waals surface area contributed by atoms with Crippen molar-refractivity contribution in [2.24, 2.45) is 5.73 Å². The maximum Gasteiger partial charge on any atom is 0.410 e. The number of piperazine rings is 1. The van der Waals surface area contributed by atoms with Crippen LogP contribution in [0.4, 0.5) is 4.79 Å². The summed E-state index contributed by atoms with van der Waals surface area (Å²) in [6.07, 6.45) is 3.79. The first-order valence-corrected chi connectivity index (χ1v) is 12.7. The summed E-state index contributed by atoms with van der Waals surface area (Å²) in [7, 11) is 0. The van der Waals surface area contributed by atoms with Gasteiger partial charge in [0.25, 0.3) is 0 Å². The van der Waals surface area contributed by atoms with Crippen LogP contribution < -0.4 is 5.73 Å². The largest absolute Gasteiger partial charge is 0.478 e. The summed E-state index contributed by atoms with van der Waals surface area (Å²) in [6, 6.07) is 7.39. The Balaban J connectivity index is 0.00000298. The average Bonchev–Trinajstić information content (AvgIpc) is 2.82. The quantitative estimate of drug-likeness (QED) is 0.323. The molecular weight excluding hydrogens is 510 g/mol. The summed E-state index contributed by atoms with van der Waals surface area (Å²) in [5.74, 6) is -1.04. The lowest BCUT2D eigenvalue weighted by atomic mass is 9.90. The van der Waals surface area contributed by atoms with Gasteiger partial charge in [-0.2, -0.15) is 0 Å². The van der Waals surface area contributed by atoms with Crippen LogP contribution >= 0.6 is 15.9 Å². The topological polar surface area (TPSA) is 96.1 Å². The molecule has 1 aliphatic heterocycles. The Labute approximate surface area is 218 Å². The molecule has 1 fully saturated rings. The number of carboxylic acid groups (broad SMARTS) is 1. The lowest BCUT2D eigenvalue weighted by Crippen LogP contribution is -2.51. The van der Waals surface area contributed by atoms with Crippen LogP contribution in [-0.2, 0) is 9.53 Å². The molecule has 2 rings (SSSR count). The van der Waals surface area contributed by atoms with Gasteiger partial charge in [0, 0.05) is 42.9 Å². The summed E-state index contributed by atoms with van der Waals surface area (Å²) >= 11 is 3.42. The summed E-state index contributed by atoms with van der Waals surface area (Å²) in [4.78, 5) is 28.2. The van der Waals surface area contributed by atoms with Crippen molar-refractivity contribution in [3.8, 4) is 0 Å². The third kappa shape index (κ3) is 9.53. The van der Waals surface area contributed by atoms with Crippen molar-refractivity contribution >= 4 is 33.6 Å². The minimum atomic E-state index is -1.04. The van der Waals surface area contributed by atoms with Gasteiger partial charge in [0.1, 0.15) is 5.60 Å². The van der Waals surface area contributed by atoms with E-state index in [-0.39, 0.29) is 17.7 Å². The van der Waals surface area contributed by atoms with Crippen molar-refractivity contribution in [2.75, 3.05) is 26.2 Å². The van der Waals surface area contributed by atoms with Gasteiger partial charge in [-0.15, -0.1) is 0 Å². The monoisotopic (exact) mass is 549 g/mol. The third-order valence-electron chi connectivity index (χ3n) is 5.37. The standard InChI is InChI=1S/C25H34BrN3O4.C2H6/c1-17(14-19(26)16-27)15-22(21-9-7-6-8-20(21)18(2)23(30)31)28-10-12-29(13-11-28)24(32)33-25(3,4)5;1-2/h6-9,14,16,22H,2,10-13,15,27H2,1,3-5H3,(H,30,31);1-2H3/b17-14-,19-16+;. The van der Waals surface area contributed by atoms with Gasteiger partial charge in [0.05, 0.1) is 5.57 Å². The number of hydrogen-bond donors (Lipinski definition) is 2. The minimum Gasteiger partial charge on any atom is -0.478 e. The SMILES string of the molecule is C=C(C(=O)O)c1ccccc1C(C/C(C)=C\C(Br)=C/N)N1CCN(C(=O)OC(C)(C)C)CC1.CC. The van der Waals surface area contributed by atoms with Gasteiger partial charge in [-0.05, 0) is 67.2 Å². The second-order valence-corrected chi connectivity index (χ2v) is 10.1. The highest BCUT2D eigenvalue weighted by molar-refractivity contribution is 9.11. The third-order valence-corrected chi connectivity index (χ3v) is 5.86. The molecular formula is C27H40BrN3O4. The molecule has 1 aromatic carbocycles. The van der Waals surface area contributed by atoms with Crippen LogP contribution in [0.1, 0.15) is 65.1 Å². The number of carbonyl (C=O) groups is 2. The number of carboxylic acids is 1. The van der Waals surface area contributed by atoms with E-state index >= 15 is 0 Å². The van der Waals surface area contributed by atoms with E-state index in [1.165, 1.54) is 6.20 Å². The molecule has 194 valence electrons. The van der Waals surface area contributed by atoms with Gasteiger partial charge >= 0.3 is 12.1 Å². The normalized spacial score (nSPS) is 16.1. The van der Waals surface area contributed by atoms with Crippen LogP contribution in [0, 0.1) is 0 Å². The molecule has 1 saturated heterocycles. The molecule has 0 aromatic heterocycles. The van der Waals surface area contributed by atoms with Gasteiger partial charge in [-0.1, -0.05) is 50.3 Å². The molecule has 7 nitrogen and oxygen atoms in total. The maximum atomic E-state index is 12.5. The van der Waals surface area contributed by atoms with Crippen molar-refractivity contribution in [3.63, 3.8) is 0 Å². The van der Waals surface area contributed by atoms with Crippen molar-refractivity contribution in [1.82, 2.24) is 9.80 Å². The molecule has 1 unspecified atom stereocenters. The van der Waals surface area contributed by atoms with Crippen molar-refractivity contribution in [1.29, 1.82) is 0 Å². The number of carbonyl (C=O) groups excluding carboxylic acids is 1. The zero-order chi connectivity index (χ0) is 26.8. The Kier molecular flexibility index (Phi) is 12.3. The summed E-state index contributed by atoms with van der Waals surface area (Å²) in [5, 5.41) is 9.56. The highest BCUT2D eigenvalue weighted by atomic mass is 79.9. The van der Waals surface area contributed by atoms with E-state index in [0.29, 0.717) is 38.2 Å². The lowest BCUT2D eigenvalue weighted by molar-refractivity contribution is -0.130. The fourth-order valence-electron chi connectivity index (χ4n) is 3.80. The predicted molar refractivity (Wildman–Crippen MR) is 146 cm³/mol. The Bertz CT molecular complexity index is 942. The van der Waals surface area contributed by atoms with E-state index in [1.807, 2.05) is 65.8 Å². The van der Waals surface area contributed by atoms with Crippen molar-refractivity contribution in [3.05, 3.63) is 64.3 Å². The molecule has 0 radical (unpaired) electrons. The number of nitrogens with zero attached hydrogens (tertiary/aromatic N) is 2. The lowest BCUT2D eigenvalue weighted by Gasteiger charge is -2.40. The smallest absolute Gasteiger partial charge is 0.410 e. The van der Waals surface area contributed by atoms with Crippen molar-refractivity contribution in [2.45, 2.75) is 59.6 Å². The number of aliphatic carboxylic acids is 1. The van der Waals surface area contributed by atoms with Crippen LogP contribution in [-0.4, -0.2) is 58.7 Å². The van der Waals surface area contributed by atoms with Gasteiger partial charge in [-0.3, -0.25) is 4.90 Å². The molecule has 1 aromatic rings. The van der Waals surface area contributed by atoms with E-state index in [9.17, 15) is 14.7 Å². The molecule has 1 atom stereocenters. The minimum absolute atomic E-state index is 0.0626. The van der Waals surface area contributed by atoms with Gasteiger partial charge < -0.3 is 20.5 Å². The Morgan fingerprint density at radius 3 is 2.29 bits per heavy atom. The molecule has 1 heterocycles. The molecule has 0 aliphatic carbocycles. The second kappa shape index (κ2) is 14.1.